The van der Waals surface area contributed by atoms with Crippen LogP contribution in [-0.4, -0.2) is 11.9 Å². The lowest BCUT2D eigenvalue weighted by Gasteiger charge is -2.18. The van der Waals surface area contributed by atoms with Crippen molar-refractivity contribution in [1.82, 2.24) is 0 Å². The van der Waals surface area contributed by atoms with Gasteiger partial charge in [-0.05, 0) is 68.1 Å². The van der Waals surface area contributed by atoms with Gasteiger partial charge in [-0.1, -0.05) is 90.2 Å². The van der Waals surface area contributed by atoms with E-state index in [1.54, 1.807) is 43.3 Å². The molecule has 5 nitrogen and oxygen atoms in total. The van der Waals surface area contributed by atoms with Crippen LogP contribution in [0.2, 0.25) is 0 Å². The summed E-state index contributed by atoms with van der Waals surface area (Å²) in [5.41, 5.74) is 0.543. The molecule has 0 saturated carbocycles. The summed E-state index contributed by atoms with van der Waals surface area (Å²) in [5.74, 6) is -0.357. The summed E-state index contributed by atoms with van der Waals surface area (Å²) in [5, 5.41) is 9.34. The Hall–Kier alpha value is -3.13. The quantitative estimate of drug-likeness (QED) is 0.122. The van der Waals surface area contributed by atoms with Crippen LogP contribution in [0.1, 0.15) is 114 Å². The molecule has 37 heavy (non-hydrogen) atoms. The smallest absolute Gasteiger partial charge is 0.343 e. The molecule has 0 aliphatic rings. The van der Waals surface area contributed by atoms with Crippen LogP contribution in [0.4, 0.5) is 0 Å². The SMILES string of the molecule is CCCCCCCCCCCCc1ccc(C(=O)Oc2ccc(OC(=O)C(C)(C#N)CCC)cc2)cc1. The molecule has 2 rings (SSSR count). The summed E-state index contributed by atoms with van der Waals surface area (Å²) >= 11 is 0. The number of hydrogen-bond donors (Lipinski definition) is 0. The number of hydrogen-bond acceptors (Lipinski definition) is 5. The van der Waals surface area contributed by atoms with Gasteiger partial charge in [-0.3, -0.25) is 0 Å². The molecule has 0 bridgehead atoms. The first-order valence-electron chi connectivity index (χ1n) is 14.0. The lowest BCUT2D eigenvalue weighted by Crippen LogP contribution is -2.30. The van der Waals surface area contributed by atoms with Crippen LogP contribution in [0.3, 0.4) is 0 Å². The van der Waals surface area contributed by atoms with Gasteiger partial charge in [0.2, 0.25) is 0 Å². The van der Waals surface area contributed by atoms with E-state index < -0.39 is 17.4 Å². The molecule has 0 radical (unpaired) electrons. The average Bonchev–Trinajstić information content (AvgIpc) is 2.91. The third kappa shape index (κ3) is 10.8. The molecule has 0 N–H and O–H groups in total. The number of unbranched alkanes of at least 4 members (excludes halogenated alkanes) is 9. The van der Waals surface area contributed by atoms with Crippen molar-refractivity contribution in [1.29, 1.82) is 5.26 Å². The highest BCUT2D eigenvalue weighted by Crippen LogP contribution is 2.26. The lowest BCUT2D eigenvalue weighted by atomic mass is 9.87. The molecule has 5 heteroatoms. The van der Waals surface area contributed by atoms with E-state index in [1.165, 1.54) is 69.8 Å². The summed E-state index contributed by atoms with van der Waals surface area (Å²) in [6, 6.07) is 15.9. The maximum absolute atomic E-state index is 12.5. The third-order valence-electron chi connectivity index (χ3n) is 6.70. The minimum atomic E-state index is -1.18. The Morgan fingerprint density at radius 3 is 1.76 bits per heavy atom. The Morgan fingerprint density at radius 1 is 0.730 bits per heavy atom. The summed E-state index contributed by atoms with van der Waals surface area (Å²) in [4.78, 5) is 24.9. The Labute approximate surface area is 223 Å². The zero-order chi connectivity index (χ0) is 26.9. The number of benzene rings is 2. The molecule has 0 heterocycles. The minimum absolute atomic E-state index is 0.304. The van der Waals surface area contributed by atoms with Crippen molar-refractivity contribution >= 4 is 11.9 Å². The van der Waals surface area contributed by atoms with Gasteiger partial charge in [0.05, 0.1) is 11.6 Å². The molecule has 0 fully saturated rings. The number of nitriles is 1. The fourth-order valence-corrected chi connectivity index (χ4v) is 4.29. The Morgan fingerprint density at radius 2 is 1.24 bits per heavy atom. The van der Waals surface area contributed by atoms with E-state index in [0.717, 1.165) is 6.42 Å². The first-order chi connectivity index (χ1) is 17.9. The molecule has 0 amide bonds. The second-order valence-corrected chi connectivity index (χ2v) is 10.1. The molecule has 1 atom stereocenters. The monoisotopic (exact) mass is 505 g/mol. The predicted molar refractivity (Wildman–Crippen MR) is 148 cm³/mol. The Bertz CT molecular complexity index is 991. The highest BCUT2D eigenvalue weighted by Gasteiger charge is 2.34. The molecule has 2 aromatic rings. The van der Waals surface area contributed by atoms with Gasteiger partial charge in [0, 0.05) is 0 Å². The van der Waals surface area contributed by atoms with Crippen molar-refractivity contribution in [3.8, 4) is 17.6 Å². The fraction of sp³-hybridized carbons (Fsp3) is 0.531. The third-order valence-corrected chi connectivity index (χ3v) is 6.70. The second-order valence-electron chi connectivity index (χ2n) is 10.1. The summed E-state index contributed by atoms with van der Waals surface area (Å²) < 4.78 is 10.8. The minimum Gasteiger partial charge on any atom is -0.425 e. The van der Waals surface area contributed by atoms with Crippen molar-refractivity contribution in [3.05, 3.63) is 59.7 Å². The fourth-order valence-electron chi connectivity index (χ4n) is 4.29. The van der Waals surface area contributed by atoms with Gasteiger partial charge in [-0.2, -0.15) is 5.26 Å². The standard InChI is InChI=1S/C32H43NO4/c1-4-6-7-8-9-10-11-12-13-14-15-26-16-18-27(19-17-26)30(34)36-28-20-22-29(23-21-28)37-31(35)32(3,25-33)24-5-2/h16-23H,4-15,24H2,1-3H3. The maximum Gasteiger partial charge on any atom is 0.343 e. The first kappa shape index (κ1) is 30.1. The second kappa shape index (κ2) is 16.6. The molecule has 200 valence electrons. The first-order valence-corrected chi connectivity index (χ1v) is 14.0. The molecule has 0 spiro atoms. The molecular weight excluding hydrogens is 462 g/mol. The Kier molecular flexibility index (Phi) is 13.5. The zero-order valence-corrected chi connectivity index (χ0v) is 22.9. The molecule has 2 aromatic carbocycles. The van der Waals surface area contributed by atoms with E-state index in [2.05, 4.69) is 6.92 Å². The number of rotatable bonds is 17. The number of aryl methyl sites for hydroxylation is 1. The van der Waals surface area contributed by atoms with Gasteiger partial charge in [0.1, 0.15) is 11.5 Å². The molecule has 0 saturated heterocycles. The topological polar surface area (TPSA) is 76.4 Å². The molecule has 0 aliphatic carbocycles. The largest absolute Gasteiger partial charge is 0.425 e. The van der Waals surface area contributed by atoms with E-state index in [-0.39, 0.29) is 0 Å². The lowest BCUT2D eigenvalue weighted by molar-refractivity contribution is -0.142. The van der Waals surface area contributed by atoms with Gasteiger partial charge in [-0.25, -0.2) is 9.59 Å². The van der Waals surface area contributed by atoms with E-state index >= 15 is 0 Å². The van der Waals surface area contributed by atoms with Gasteiger partial charge in [-0.15, -0.1) is 0 Å². The van der Waals surface area contributed by atoms with Crippen LogP contribution in [0.25, 0.3) is 0 Å². The van der Waals surface area contributed by atoms with Crippen LogP contribution in [0.5, 0.6) is 11.5 Å². The van der Waals surface area contributed by atoms with Crippen molar-refractivity contribution in [2.45, 2.75) is 104 Å². The predicted octanol–water partition coefficient (Wildman–Crippen LogP) is 8.60. The van der Waals surface area contributed by atoms with Gasteiger partial charge >= 0.3 is 11.9 Å². The van der Waals surface area contributed by atoms with E-state index in [0.29, 0.717) is 29.9 Å². The number of ether oxygens (including phenoxy) is 2. The maximum atomic E-state index is 12.5. The van der Waals surface area contributed by atoms with Crippen molar-refractivity contribution in [2.75, 3.05) is 0 Å². The number of nitrogens with zero attached hydrogens (tertiary/aromatic N) is 1. The van der Waals surface area contributed by atoms with Crippen molar-refractivity contribution in [2.24, 2.45) is 5.41 Å². The Balaban J connectivity index is 1.72. The highest BCUT2D eigenvalue weighted by molar-refractivity contribution is 5.91. The number of carbonyl (C=O) groups is 2. The molecular formula is C32H43NO4. The van der Waals surface area contributed by atoms with Crippen LogP contribution >= 0.6 is 0 Å². The zero-order valence-electron chi connectivity index (χ0n) is 22.9. The normalized spacial score (nSPS) is 12.4. The van der Waals surface area contributed by atoms with E-state index in [4.69, 9.17) is 9.47 Å². The van der Waals surface area contributed by atoms with Crippen molar-refractivity contribution in [3.63, 3.8) is 0 Å². The van der Waals surface area contributed by atoms with E-state index in [9.17, 15) is 14.9 Å². The summed E-state index contributed by atoms with van der Waals surface area (Å²) in [6.07, 6.45) is 15.4. The average molecular weight is 506 g/mol. The number of esters is 2. The van der Waals surface area contributed by atoms with Crippen LogP contribution in [0.15, 0.2) is 48.5 Å². The molecule has 0 aliphatic heterocycles. The summed E-state index contributed by atoms with van der Waals surface area (Å²) in [6.45, 7) is 5.75. The summed E-state index contributed by atoms with van der Waals surface area (Å²) in [7, 11) is 0. The molecule has 1 unspecified atom stereocenters. The van der Waals surface area contributed by atoms with Gasteiger partial charge in [0.25, 0.3) is 0 Å². The molecule has 0 aromatic heterocycles. The van der Waals surface area contributed by atoms with Crippen molar-refractivity contribution < 1.29 is 19.1 Å². The van der Waals surface area contributed by atoms with Gasteiger partial charge < -0.3 is 9.47 Å². The van der Waals surface area contributed by atoms with Crippen LogP contribution in [0, 0.1) is 16.7 Å². The van der Waals surface area contributed by atoms with Gasteiger partial charge in [0.15, 0.2) is 5.41 Å². The number of carbonyl (C=O) groups excluding carboxylic acids is 2. The van der Waals surface area contributed by atoms with Crippen LogP contribution in [-0.2, 0) is 11.2 Å². The van der Waals surface area contributed by atoms with Crippen LogP contribution < -0.4 is 9.47 Å². The van der Waals surface area contributed by atoms with E-state index in [1.807, 2.05) is 25.1 Å². The highest BCUT2D eigenvalue weighted by atomic mass is 16.5.